The van der Waals surface area contributed by atoms with Crippen molar-refractivity contribution in [3.63, 3.8) is 0 Å². The van der Waals surface area contributed by atoms with Crippen molar-refractivity contribution in [1.29, 1.82) is 0 Å². The van der Waals surface area contributed by atoms with Gasteiger partial charge in [0.1, 0.15) is 5.69 Å². The summed E-state index contributed by atoms with van der Waals surface area (Å²) in [7, 11) is 4.16. The molecule has 0 unspecified atom stereocenters. The maximum atomic E-state index is 12.5. The molecule has 0 saturated heterocycles. The smallest absolute Gasteiger partial charge is 0.268 e. The fourth-order valence-corrected chi connectivity index (χ4v) is 3.91. The number of carbonyl (C=O) groups is 1. The number of hydrogen-bond acceptors (Lipinski definition) is 2. The number of aromatic nitrogens is 1. The van der Waals surface area contributed by atoms with Gasteiger partial charge in [-0.15, -0.1) is 0 Å². The standard InChI is InChI=1S/C22H31N3O/c1-17-13-14-21(25(17)3)22(26)23-15-18-9-7-8-10-19(18)16-24(2)20-11-5-4-6-12-20/h7-10,13-14,20H,4-6,11-12,15-16H2,1-3H3,(H,23,26). The number of benzene rings is 1. The molecule has 0 spiro atoms. The molecule has 3 rings (SSSR count). The lowest BCUT2D eigenvalue weighted by molar-refractivity contribution is 0.0942. The molecule has 4 heteroatoms. The van der Waals surface area contributed by atoms with E-state index >= 15 is 0 Å². The van der Waals surface area contributed by atoms with E-state index in [9.17, 15) is 4.79 Å². The van der Waals surface area contributed by atoms with E-state index in [1.54, 1.807) is 0 Å². The number of hydrogen-bond donors (Lipinski definition) is 1. The molecule has 1 fully saturated rings. The summed E-state index contributed by atoms with van der Waals surface area (Å²) in [5.41, 5.74) is 4.31. The fraction of sp³-hybridized carbons (Fsp3) is 0.500. The van der Waals surface area contributed by atoms with Crippen LogP contribution in [0.2, 0.25) is 0 Å². The van der Waals surface area contributed by atoms with E-state index < -0.39 is 0 Å². The second kappa shape index (κ2) is 8.54. The number of nitrogens with zero attached hydrogens (tertiary/aromatic N) is 2. The van der Waals surface area contributed by atoms with Crippen LogP contribution in [-0.2, 0) is 20.1 Å². The zero-order valence-electron chi connectivity index (χ0n) is 16.3. The average molecular weight is 354 g/mol. The van der Waals surface area contributed by atoms with Crippen LogP contribution in [0.25, 0.3) is 0 Å². The van der Waals surface area contributed by atoms with Crippen LogP contribution in [0.15, 0.2) is 36.4 Å². The Hall–Kier alpha value is -2.07. The Kier molecular flexibility index (Phi) is 6.15. The summed E-state index contributed by atoms with van der Waals surface area (Å²) in [5, 5.41) is 3.08. The van der Waals surface area contributed by atoms with Crippen LogP contribution >= 0.6 is 0 Å². The molecule has 1 saturated carbocycles. The zero-order chi connectivity index (χ0) is 18.5. The van der Waals surface area contributed by atoms with Crippen molar-refractivity contribution in [1.82, 2.24) is 14.8 Å². The van der Waals surface area contributed by atoms with Gasteiger partial charge in [-0.3, -0.25) is 9.69 Å². The summed E-state index contributed by atoms with van der Waals surface area (Å²) in [6.07, 6.45) is 6.70. The second-order valence-electron chi connectivity index (χ2n) is 7.58. The average Bonchev–Trinajstić information content (AvgIpc) is 3.00. The van der Waals surface area contributed by atoms with Gasteiger partial charge in [0, 0.05) is 31.9 Å². The first-order valence-corrected chi connectivity index (χ1v) is 9.74. The van der Waals surface area contributed by atoms with Gasteiger partial charge < -0.3 is 9.88 Å². The molecule has 1 N–H and O–H groups in total. The Bertz CT molecular complexity index is 744. The lowest BCUT2D eigenvalue weighted by atomic mass is 9.94. The lowest BCUT2D eigenvalue weighted by Crippen LogP contribution is -2.33. The number of carbonyl (C=O) groups excluding carboxylic acids is 1. The minimum absolute atomic E-state index is 0.0176. The lowest BCUT2D eigenvalue weighted by Gasteiger charge is -2.31. The van der Waals surface area contributed by atoms with Crippen molar-refractivity contribution in [3.8, 4) is 0 Å². The molecule has 2 aromatic rings. The molecule has 0 aliphatic heterocycles. The van der Waals surface area contributed by atoms with E-state index in [2.05, 4.69) is 41.5 Å². The topological polar surface area (TPSA) is 37.3 Å². The molecular formula is C22H31N3O. The number of nitrogens with one attached hydrogen (secondary N) is 1. The first-order chi connectivity index (χ1) is 12.6. The fourth-order valence-electron chi connectivity index (χ4n) is 3.91. The number of amides is 1. The van der Waals surface area contributed by atoms with E-state index in [0.29, 0.717) is 18.3 Å². The van der Waals surface area contributed by atoms with Gasteiger partial charge in [0.15, 0.2) is 0 Å². The number of aryl methyl sites for hydroxylation is 1. The molecule has 4 nitrogen and oxygen atoms in total. The highest BCUT2D eigenvalue weighted by molar-refractivity contribution is 5.92. The molecule has 1 aliphatic carbocycles. The zero-order valence-corrected chi connectivity index (χ0v) is 16.3. The van der Waals surface area contributed by atoms with Crippen molar-refractivity contribution in [3.05, 3.63) is 58.9 Å². The first kappa shape index (κ1) is 18.7. The van der Waals surface area contributed by atoms with Gasteiger partial charge in [0.05, 0.1) is 0 Å². The molecule has 1 aliphatic rings. The largest absolute Gasteiger partial charge is 0.347 e. The summed E-state index contributed by atoms with van der Waals surface area (Å²) in [6, 6.07) is 13.0. The Morgan fingerprint density at radius 3 is 2.46 bits per heavy atom. The van der Waals surface area contributed by atoms with Crippen LogP contribution in [-0.4, -0.2) is 28.5 Å². The molecule has 26 heavy (non-hydrogen) atoms. The van der Waals surface area contributed by atoms with E-state index in [1.165, 1.54) is 43.2 Å². The maximum Gasteiger partial charge on any atom is 0.268 e. The van der Waals surface area contributed by atoms with E-state index in [4.69, 9.17) is 0 Å². The minimum Gasteiger partial charge on any atom is -0.347 e. The molecule has 0 bridgehead atoms. The van der Waals surface area contributed by atoms with Crippen LogP contribution in [0.5, 0.6) is 0 Å². The highest BCUT2D eigenvalue weighted by Gasteiger charge is 2.19. The van der Waals surface area contributed by atoms with Gasteiger partial charge in [-0.25, -0.2) is 0 Å². The summed E-state index contributed by atoms with van der Waals surface area (Å²) < 4.78 is 1.93. The Morgan fingerprint density at radius 2 is 1.81 bits per heavy atom. The third-order valence-electron chi connectivity index (χ3n) is 5.78. The molecule has 0 radical (unpaired) electrons. The molecule has 1 aromatic heterocycles. The van der Waals surface area contributed by atoms with Crippen LogP contribution in [0, 0.1) is 6.92 Å². The molecule has 1 amide bonds. The minimum atomic E-state index is -0.0176. The van der Waals surface area contributed by atoms with E-state index in [0.717, 1.165) is 12.2 Å². The van der Waals surface area contributed by atoms with Gasteiger partial charge >= 0.3 is 0 Å². The SMILES string of the molecule is Cc1ccc(C(=O)NCc2ccccc2CN(C)C2CCCCC2)n1C. The maximum absolute atomic E-state index is 12.5. The van der Waals surface area contributed by atoms with Crippen LogP contribution in [0.1, 0.15) is 59.4 Å². The summed E-state index contributed by atoms with van der Waals surface area (Å²) >= 11 is 0. The third kappa shape index (κ3) is 4.36. The molecule has 1 heterocycles. The van der Waals surface area contributed by atoms with Gasteiger partial charge in [0.2, 0.25) is 0 Å². The highest BCUT2D eigenvalue weighted by Crippen LogP contribution is 2.23. The third-order valence-corrected chi connectivity index (χ3v) is 5.78. The van der Waals surface area contributed by atoms with Crippen LogP contribution in [0.4, 0.5) is 0 Å². The monoisotopic (exact) mass is 353 g/mol. The molecule has 140 valence electrons. The van der Waals surface area contributed by atoms with Crippen molar-refractivity contribution in [2.75, 3.05) is 7.05 Å². The van der Waals surface area contributed by atoms with Gasteiger partial charge in [-0.05, 0) is 50.1 Å². The number of rotatable bonds is 6. The first-order valence-electron chi connectivity index (χ1n) is 9.74. The van der Waals surface area contributed by atoms with Gasteiger partial charge in [-0.1, -0.05) is 43.5 Å². The summed E-state index contributed by atoms with van der Waals surface area (Å²) in [6.45, 7) is 3.52. The van der Waals surface area contributed by atoms with Gasteiger partial charge in [-0.2, -0.15) is 0 Å². The summed E-state index contributed by atoms with van der Waals surface area (Å²) in [4.78, 5) is 15.0. The second-order valence-corrected chi connectivity index (χ2v) is 7.58. The Morgan fingerprint density at radius 1 is 1.12 bits per heavy atom. The van der Waals surface area contributed by atoms with Crippen molar-refractivity contribution in [2.24, 2.45) is 7.05 Å². The Balaban J connectivity index is 1.63. The summed E-state index contributed by atoms with van der Waals surface area (Å²) in [5.74, 6) is -0.0176. The molecule has 0 atom stereocenters. The van der Waals surface area contributed by atoms with Gasteiger partial charge in [0.25, 0.3) is 5.91 Å². The predicted octanol–water partition coefficient (Wildman–Crippen LogP) is 4.03. The highest BCUT2D eigenvalue weighted by atomic mass is 16.1. The van der Waals surface area contributed by atoms with Crippen LogP contribution in [0.3, 0.4) is 0 Å². The molecular weight excluding hydrogens is 322 g/mol. The van der Waals surface area contributed by atoms with Crippen LogP contribution < -0.4 is 5.32 Å². The van der Waals surface area contributed by atoms with E-state index in [1.807, 2.05) is 30.7 Å². The Labute approximate surface area is 157 Å². The van der Waals surface area contributed by atoms with Crippen molar-refractivity contribution >= 4 is 5.91 Å². The predicted molar refractivity (Wildman–Crippen MR) is 106 cm³/mol. The van der Waals surface area contributed by atoms with Crippen molar-refractivity contribution < 1.29 is 4.79 Å². The van der Waals surface area contributed by atoms with E-state index in [-0.39, 0.29) is 5.91 Å². The normalized spacial score (nSPS) is 15.4. The quantitative estimate of drug-likeness (QED) is 0.851. The molecule has 1 aromatic carbocycles. The van der Waals surface area contributed by atoms with Crippen molar-refractivity contribution in [2.45, 2.75) is 58.2 Å².